The van der Waals surface area contributed by atoms with Crippen LogP contribution in [0.5, 0.6) is 0 Å². The average Bonchev–Trinajstić information content (AvgIpc) is 2.82. The van der Waals surface area contributed by atoms with Crippen molar-refractivity contribution in [3.05, 3.63) is 30.1 Å². The number of benzene rings is 1. The van der Waals surface area contributed by atoms with Gasteiger partial charge in [-0.15, -0.1) is 0 Å². The summed E-state index contributed by atoms with van der Waals surface area (Å²) in [5.74, 6) is 2.39. The molecule has 0 bridgehead atoms. The summed E-state index contributed by atoms with van der Waals surface area (Å²) in [5.41, 5.74) is 2.00. The van der Waals surface area contributed by atoms with Crippen LogP contribution in [0.4, 0.5) is 5.69 Å². The molecule has 0 unspecified atom stereocenters. The van der Waals surface area contributed by atoms with Crippen LogP contribution < -0.4 is 5.32 Å². The lowest BCUT2D eigenvalue weighted by Crippen LogP contribution is -2.03. The maximum atomic E-state index is 5.21. The molecule has 1 aromatic heterocycles. The Balaban J connectivity index is 2.10. The summed E-state index contributed by atoms with van der Waals surface area (Å²) in [6.07, 6.45) is 3.26. The van der Waals surface area contributed by atoms with Crippen molar-refractivity contribution in [3.8, 4) is 11.5 Å². The fourth-order valence-electron chi connectivity index (χ4n) is 1.67. The second-order valence-corrected chi connectivity index (χ2v) is 4.95. The van der Waals surface area contributed by atoms with Gasteiger partial charge in [-0.05, 0) is 37.5 Å². The number of nitrogens with one attached hydrogen (secondary N) is 1. The van der Waals surface area contributed by atoms with Gasteiger partial charge < -0.3 is 9.84 Å². The van der Waals surface area contributed by atoms with Crippen LogP contribution in [0.15, 0.2) is 28.8 Å². The van der Waals surface area contributed by atoms with Gasteiger partial charge in [-0.25, -0.2) is 0 Å². The summed E-state index contributed by atoms with van der Waals surface area (Å²) in [7, 11) is 0. The van der Waals surface area contributed by atoms with Gasteiger partial charge in [0.05, 0.1) is 5.56 Å². The minimum atomic E-state index is 0.570. The molecule has 0 radical (unpaired) electrons. The van der Waals surface area contributed by atoms with Gasteiger partial charge in [0.1, 0.15) is 0 Å². The molecular weight excluding hydrogens is 246 g/mol. The number of hydrogen-bond donors (Lipinski definition) is 1. The van der Waals surface area contributed by atoms with Crippen LogP contribution in [-0.2, 0) is 0 Å². The van der Waals surface area contributed by atoms with Gasteiger partial charge in [-0.2, -0.15) is 16.7 Å². The zero-order valence-corrected chi connectivity index (χ0v) is 11.5. The zero-order valence-electron chi connectivity index (χ0n) is 10.6. The molecule has 96 valence electrons. The summed E-state index contributed by atoms with van der Waals surface area (Å²) in [6, 6.07) is 8.00. The minimum absolute atomic E-state index is 0.570. The standard InChI is InChI=1S/C13H17N3OS/c1-10-15-13(17-16-10)11-6-3-4-7-12(11)14-8-5-9-18-2/h3-4,6-7,14H,5,8-9H2,1-2H3. The largest absolute Gasteiger partial charge is 0.384 e. The van der Waals surface area contributed by atoms with Crippen LogP contribution >= 0.6 is 11.8 Å². The lowest BCUT2D eigenvalue weighted by atomic mass is 10.1. The molecule has 2 rings (SSSR count). The third-order valence-electron chi connectivity index (χ3n) is 2.53. The first-order chi connectivity index (χ1) is 8.81. The number of aryl methyl sites for hydroxylation is 1. The van der Waals surface area contributed by atoms with E-state index in [4.69, 9.17) is 4.52 Å². The highest BCUT2D eigenvalue weighted by Gasteiger charge is 2.10. The van der Waals surface area contributed by atoms with Gasteiger partial charge in [0.25, 0.3) is 5.89 Å². The third kappa shape index (κ3) is 3.26. The molecule has 0 atom stereocenters. The summed E-state index contributed by atoms with van der Waals surface area (Å²) in [4.78, 5) is 4.26. The first kappa shape index (κ1) is 13.0. The van der Waals surface area contributed by atoms with E-state index < -0.39 is 0 Å². The van der Waals surface area contributed by atoms with Crippen molar-refractivity contribution >= 4 is 17.4 Å². The monoisotopic (exact) mass is 263 g/mol. The van der Waals surface area contributed by atoms with E-state index >= 15 is 0 Å². The van der Waals surface area contributed by atoms with E-state index in [-0.39, 0.29) is 0 Å². The predicted molar refractivity (Wildman–Crippen MR) is 76.0 cm³/mol. The lowest BCUT2D eigenvalue weighted by Gasteiger charge is -2.08. The van der Waals surface area contributed by atoms with Crippen molar-refractivity contribution in [1.82, 2.24) is 10.1 Å². The van der Waals surface area contributed by atoms with Crippen molar-refractivity contribution < 1.29 is 4.52 Å². The number of rotatable bonds is 6. The van der Waals surface area contributed by atoms with Gasteiger partial charge in [0.15, 0.2) is 5.82 Å². The summed E-state index contributed by atoms with van der Waals surface area (Å²) >= 11 is 1.86. The van der Waals surface area contributed by atoms with Crippen LogP contribution in [0.1, 0.15) is 12.2 Å². The molecular formula is C13H17N3OS. The fraction of sp³-hybridized carbons (Fsp3) is 0.385. The second-order valence-electron chi connectivity index (χ2n) is 3.97. The number of hydrogen-bond acceptors (Lipinski definition) is 5. The topological polar surface area (TPSA) is 51.0 Å². The lowest BCUT2D eigenvalue weighted by molar-refractivity contribution is 0.426. The summed E-state index contributed by atoms with van der Waals surface area (Å²) in [6.45, 7) is 2.77. The highest BCUT2D eigenvalue weighted by Crippen LogP contribution is 2.26. The number of aromatic nitrogens is 2. The molecule has 0 amide bonds. The van der Waals surface area contributed by atoms with E-state index in [0.717, 1.165) is 30.0 Å². The number of nitrogens with zero attached hydrogens (tertiary/aromatic N) is 2. The van der Waals surface area contributed by atoms with Crippen LogP contribution in [0, 0.1) is 6.92 Å². The Morgan fingerprint density at radius 1 is 1.33 bits per heavy atom. The SMILES string of the molecule is CSCCCNc1ccccc1-c1nc(C)no1. The van der Waals surface area contributed by atoms with Gasteiger partial charge in [0, 0.05) is 12.2 Å². The van der Waals surface area contributed by atoms with Crippen molar-refractivity contribution in [2.45, 2.75) is 13.3 Å². The summed E-state index contributed by atoms with van der Waals surface area (Å²) < 4.78 is 5.21. The molecule has 5 heteroatoms. The molecule has 0 saturated carbocycles. The van der Waals surface area contributed by atoms with Crippen LogP contribution in [-0.4, -0.2) is 28.7 Å². The van der Waals surface area contributed by atoms with E-state index in [1.165, 1.54) is 0 Å². The Morgan fingerprint density at radius 3 is 2.89 bits per heavy atom. The molecule has 1 N–H and O–H groups in total. The number of thioether (sulfide) groups is 1. The van der Waals surface area contributed by atoms with E-state index in [1.807, 2.05) is 43.0 Å². The molecule has 1 aromatic carbocycles. The molecule has 0 aliphatic carbocycles. The first-order valence-corrected chi connectivity index (χ1v) is 7.33. The Morgan fingerprint density at radius 2 is 2.17 bits per heavy atom. The molecule has 0 fully saturated rings. The molecule has 4 nitrogen and oxygen atoms in total. The highest BCUT2D eigenvalue weighted by atomic mass is 32.2. The normalized spacial score (nSPS) is 10.6. The van der Waals surface area contributed by atoms with Crippen LogP contribution in [0.25, 0.3) is 11.5 Å². The Bertz CT molecular complexity index is 498. The average molecular weight is 263 g/mol. The molecule has 1 heterocycles. The van der Waals surface area contributed by atoms with E-state index in [2.05, 4.69) is 21.7 Å². The first-order valence-electron chi connectivity index (χ1n) is 5.94. The molecule has 18 heavy (non-hydrogen) atoms. The van der Waals surface area contributed by atoms with E-state index in [1.54, 1.807) is 0 Å². The number of anilines is 1. The van der Waals surface area contributed by atoms with E-state index in [0.29, 0.717) is 11.7 Å². The zero-order chi connectivity index (χ0) is 12.8. The molecule has 2 aromatic rings. The molecule has 0 saturated heterocycles. The van der Waals surface area contributed by atoms with Crippen molar-refractivity contribution in [2.24, 2.45) is 0 Å². The van der Waals surface area contributed by atoms with Gasteiger partial charge in [-0.1, -0.05) is 17.3 Å². The third-order valence-corrected chi connectivity index (χ3v) is 3.22. The highest BCUT2D eigenvalue weighted by molar-refractivity contribution is 7.98. The summed E-state index contributed by atoms with van der Waals surface area (Å²) in [5, 5.41) is 7.24. The smallest absolute Gasteiger partial charge is 0.260 e. The maximum absolute atomic E-state index is 5.21. The number of para-hydroxylation sites is 1. The molecule has 0 aliphatic heterocycles. The minimum Gasteiger partial charge on any atom is -0.384 e. The van der Waals surface area contributed by atoms with Gasteiger partial charge in [-0.3, -0.25) is 0 Å². The Kier molecular flexibility index (Phi) is 4.64. The Labute approximate surface area is 111 Å². The maximum Gasteiger partial charge on any atom is 0.260 e. The fourth-order valence-corrected chi connectivity index (χ4v) is 2.10. The Hall–Kier alpha value is -1.49. The van der Waals surface area contributed by atoms with Crippen molar-refractivity contribution in [3.63, 3.8) is 0 Å². The second kappa shape index (κ2) is 6.44. The van der Waals surface area contributed by atoms with Crippen LogP contribution in [0.2, 0.25) is 0 Å². The molecule has 0 aliphatic rings. The quantitative estimate of drug-likeness (QED) is 0.811. The van der Waals surface area contributed by atoms with Crippen LogP contribution in [0.3, 0.4) is 0 Å². The van der Waals surface area contributed by atoms with E-state index in [9.17, 15) is 0 Å². The van der Waals surface area contributed by atoms with Gasteiger partial charge >= 0.3 is 0 Å². The van der Waals surface area contributed by atoms with Crippen molar-refractivity contribution in [1.29, 1.82) is 0 Å². The predicted octanol–water partition coefficient (Wildman–Crippen LogP) is 3.21. The van der Waals surface area contributed by atoms with Crippen molar-refractivity contribution in [2.75, 3.05) is 23.9 Å². The molecule has 0 spiro atoms. The van der Waals surface area contributed by atoms with Gasteiger partial charge in [0.2, 0.25) is 0 Å².